The predicted molar refractivity (Wildman–Crippen MR) is 70.1 cm³/mol. The number of halogens is 1. The molecule has 0 amide bonds. The van der Waals surface area contributed by atoms with E-state index >= 15 is 0 Å². The molecule has 0 fully saturated rings. The second-order valence-electron chi connectivity index (χ2n) is 4.09. The Morgan fingerprint density at radius 1 is 1.05 bits per heavy atom. The zero-order chi connectivity index (χ0) is 13.8. The van der Waals surface area contributed by atoms with Crippen LogP contribution in [0.1, 0.15) is 18.6 Å². The van der Waals surface area contributed by atoms with Crippen LogP contribution < -0.4 is 9.47 Å². The molecule has 2 rings (SSSR count). The summed E-state index contributed by atoms with van der Waals surface area (Å²) >= 11 is 0. The van der Waals surface area contributed by atoms with Gasteiger partial charge in [0.1, 0.15) is 0 Å². The highest BCUT2D eigenvalue weighted by Gasteiger charge is 2.16. The smallest absolute Gasteiger partial charge is 0.169 e. The van der Waals surface area contributed by atoms with Gasteiger partial charge in [-0.05, 0) is 25.1 Å². The molecule has 0 aliphatic heterocycles. The molecule has 2 aromatic rings. The minimum atomic E-state index is -0.819. The van der Waals surface area contributed by atoms with E-state index in [1.807, 2.05) is 0 Å². The van der Waals surface area contributed by atoms with Gasteiger partial charge in [-0.3, -0.25) is 0 Å². The zero-order valence-electron chi connectivity index (χ0n) is 10.8. The standard InChI is InChI=1S/C15H15FO3/c1-10(17)11-6-5-7-12(16)15(11)19-14-9-4-3-8-13(14)18-2/h3-10,17H,1-2H3/t10-/m1/s1. The fourth-order valence-corrected chi connectivity index (χ4v) is 1.78. The first kappa shape index (κ1) is 13.4. The maximum atomic E-state index is 13.9. The van der Waals surface area contributed by atoms with E-state index in [4.69, 9.17) is 9.47 Å². The fourth-order valence-electron chi connectivity index (χ4n) is 1.78. The van der Waals surface area contributed by atoms with Crippen molar-refractivity contribution in [3.05, 3.63) is 53.8 Å². The van der Waals surface area contributed by atoms with Gasteiger partial charge in [0.25, 0.3) is 0 Å². The summed E-state index contributed by atoms with van der Waals surface area (Å²) < 4.78 is 24.6. The molecule has 100 valence electrons. The van der Waals surface area contributed by atoms with Crippen molar-refractivity contribution in [2.75, 3.05) is 7.11 Å². The van der Waals surface area contributed by atoms with Crippen molar-refractivity contribution < 1.29 is 19.0 Å². The van der Waals surface area contributed by atoms with Gasteiger partial charge < -0.3 is 14.6 Å². The quantitative estimate of drug-likeness (QED) is 0.913. The number of aliphatic hydroxyl groups is 1. The number of aliphatic hydroxyl groups excluding tert-OH is 1. The highest BCUT2D eigenvalue weighted by Crippen LogP contribution is 2.36. The van der Waals surface area contributed by atoms with Crippen molar-refractivity contribution in [1.82, 2.24) is 0 Å². The average molecular weight is 262 g/mol. The third-order valence-electron chi connectivity index (χ3n) is 2.73. The van der Waals surface area contributed by atoms with Gasteiger partial charge in [0.2, 0.25) is 0 Å². The number of rotatable bonds is 4. The van der Waals surface area contributed by atoms with E-state index in [9.17, 15) is 9.50 Å². The molecule has 1 atom stereocenters. The second-order valence-corrected chi connectivity index (χ2v) is 4.09. The highest BCUT2D eigenvalue weighted by atomic mass is 19.1. The van der Waals surface area contributed by atoms with Crippen LogP contribution in [0.15, 0.2) is 42.5 Å². The summed E-state index contributed by atoms with van der Waals surface area (Å²) in [6.45, 7) is 1.56. The van der Waals surface area contributed by atoms with Crippen LogP contribution in [0.4, 0.5) is 4.39 Å². The average Bonchev–Trinajstić information content (AvgIpc) is 2.41. The monoisotopic (exact) mass is 262 g/mol. The Bertz CT molecular complexity index is 567. The Morgan fingerprint density at radius 2 is 1.74 bits per heavy atom. The van der Waals surface area contributed by atoms with Gasteiger partial charge in [0.15, 0.2) is 23.1 Å². The van der Waals surface area contributed by atoms with E-state index in [1.165, 1.54) is 19.2 Å². The van der Waals surface area contributed by atoms with Gasteiger partial charge in [-0.2, -0.15) is 0 Å². The van der Waals surface area contributed by atoms with Crippen LogP contribution in [0.25, 0.3) is 0 Å². The van der Waals surface area contributed by atoms with Gasteiger partial charge in [0.05, 0.1) is 13.2 Å². The molecule has 4 heteroatoms. The van der Waals surface area contributed by atoms with Gasteiger partial charge >= 0.3 is 0 Å². The molecule has 0 aromatic heterocycles. The van der Waals surface area contributed by atoms with E-state index in [2.05, 4.69) is 0 Å². The van der Waals surface area contributed by atoms with Gasteiger partial charge in [0, 0.05) is 5.56 Å². The first-order valence-electron chi connectivity index (χ1n) is 5.91. The topological polar surface area (TPSA) is 38.7 Å². The summed E-state index contributed by atoms with van der Waals surface area (Å²) in [6, 6.07) is 11.4. The van der Waals surface area contributed by atoms with Crippen LogP contribution >= 0.6 is 0 Å². The molecule has 0 aliphatic carbocycles. The van der Waals surface area contributed by atoms with Crippen molar-refractivity contribution in [2.24, 2.45) is 0 Å². The second kappa shape index (κ2) is 5.71. The Kier molecular flexibility index (Phi) is 4.02. The lowest BCUT2D eigenvalue weighted by Crippen LogP contribution is -1.99. The minimum absolute atomic E-state index is 0.0157. The van der Waals surface area contributed by atoms with Crippen molar-refractivity contribution in [3.63, 3.8) is 0 Å². The molecular weight excluding hydrogens is 247 g/mol. The van der Waals surface area contributed by atoms with Crippen LogP contribution in [0.5, 0.6) is 17.2 Å². The molecule has 0 radical (unpaired) electrons. The van der Waals surface area contributed by atoms with Crippen LogP contribution in [-0.2, 0) is 0 Å². The maximum absolute atomic E-state index is 13.9. The van der Waals surface area contributed by atoms with E-state index in [1.54, 1.807) is 37.3 Å². The van der Waals surface area contributed by atoms with Gasteiger partial charge in [-0.25, -0.2) is 4.39 Å². The number of para-hydroxylation sites is 3. The Labute approximate surface area is 111 Å². The molecule has 0 aliphatic rings. The highest BCUT2D eigenvalue weighted by molar-refractivity contribution is 5.45. The van der Waals surface area contributed by atoms with Gasteiger partial charge in [-0.15, -0.1) is 0 Å². The van der Waals surface area contributed by atoms with Crippen LogP contribution in [0, 0.1) is 5.82 Å². The summed E-state index contributed by atoms with van der Waals surface area (Å²) in [5, 5.41) is 9.66. The molecule has 0 bridgehead atoms. The summed E-state index contributed by atoms with van der Waals surface area (Å²) in [5.41, 5.74) is 0.394. The Balaban J connectivity index is 2.43. The summed E-state index contributed by atoms with van der Waals surface area (Å²) in [5.74, 6) is 0.394. The molecule has 0 saturated heterocycles. The zero-order valence-corrected chi connectivity index (χ0v) is 10.8. The predicted octanol–water partition coefficient (Wildman–Crippen LogP) is 3.68. The first-order valence-corrected chi connectivity index (χ1v) is 5.91. The number of hydrogen-bond donors (Lipinski definition) is 1. The molecule has 19 heavy (non-hydrogen) atoms. The maximum Gasteiger partial charge on any atom is 0.169 e. The normalized spacial score (nSPS) is 12.0. The Hall–Kier alpha value is -2.07. The molecular formula is C15H15FO3. The van der Waals surface area contributed by atoms with E-state index in [-0.39, 0.29) is 5.75 Å². The third kappa shape index (κ3) is 2.85. The van der Waals surface area contributed by atoms with E-state index < -0.39 is 11.9 Å². The third-order valence-corrected chi connectivity index (χ3v) is 2.73. The first-order chi connectivity index (χ1) is 9.13. The van der Waals surface area contributed by atoms with E-state index in [0.717, 1.165) is 0 Å². The van der Waals surface area contributed by atoms with Crippen LogP contribution in [0.3, 0.4) is 0 Å². The number of ether oxygens (including phenoxy) is 2. The van der Waals surface area contributed by atoms with Crippen molar-refractivity contribution >= 4 is 0 Å². The van der Waals surface area contributed by atoms with Crippen LogP contribution in [-0.4, -0.2) is 12.2 Å². The van der Waals surface area contributed by atoms with Crippen molar-refractivity contribution in [3.8, 4) is 17.2 Å². The van der Waals surface area contributed by atoms with Crippen molar-refractivity contribution in [2.45, 2.75) is 13.0 Å². The summed E-state index contributed by atoms with van der Waals surface area (Å²) in [7, 11) is 1.51. The molecule has 0 heterocycles. The fraction of sp³-hybridized carbons (Fsp3) is 0.200. The number of benzene rings is 2. The number of hydrogen-bond acceptors (Lipinski definition) is 3. The molecule has 0 spiro atoms. The van der Waals surface area contributed by atoms with E-state index in [0.29, 0.717) is 17.1 Å². The molecule has 3 nitrogen and oxygen atoms in total. The Morgan fingerprint density at radius 3 is 2.37 bits per heavy atom. The van der Waals surface area contributed by atoms with Gasteiger partial charge in [-0.1, -0.05) is 24.3 Å². The minimum Gasteiger partial charge on any atom is -0.493 e. The lowest BCUT2D eigenvalue weighted by atomic mass is 10.1. The largest absolute Gasteiger partial charge is 0.493 e. The molecule has 2 aromatic carbocycles. The SMILES string of the molecule is COc1ccccc1Oc1c(F)cccc1[C@@H](C)O. The molecule has 1 N–H and O–H groups in total. The molecule has 0 unspecified atom stereocenters. The molecule has 0 saturated carbocycles. The number of methoxy groups -OCH3 is 1. The summed E-state index contributed by atoms with van der Waals surface area (Å²) in [4.78, 5) is 0. The van der Waals surface area contributed by atoms with Crippen molar-refractivity contribution in [1.29, 1.82) is 0 Å². The lowest BCUT2D eigenvalue weighted by Gasteiger charge is -2.15. The lowest BCUT2D eigenvalue weighted by molar-refractivity contribution is 0.194. The summed E-state index contributed by atoms with van der Waals surface area (Å²) in [6.07, 6.45) is -0.819. The van der Waals surface area contributed by atoms with Crippen LogP contribution in [0.2, 0.25) is 0 Å².